The zero-order chi connectivity index (χ0) is 20.5. The van der Waals surface area contributed by atoms with Gasteiger partial charge in [-0.25, -0.2) is 14.0 Å². The fourth-order valence-electron chi connectivity index (χ4n) is 2.22. The molecule has 0 aliphatic carbocycles. The van der Waals surface area contributed by atoms with Gasteiger partial charge in [0.25, 0.3) is 0 Å². The van der Waals surface area contributed by atoms with Crippen LogP contribution >= 0.6 is 0 Å². The van der Waals surface area contributed by atoms with Crippen LogP contribution in [0, 0.1) is 17.1 Å². The van der Waals surface area contributed by atoms with Crippen LogP contribution in [0.2, 0.25) is 0 Å². The Morgan fingerprint density at radius 1 is 1.07 bits per heavy atom. The Morgan fingerprint density at radius 2 is 1.79 bits per heavy atom. The number of hydrogen-bond donors (Lipinski definition) is 0. The largest absolute Gasteiger partial charge is 0.490 e. The molecule has 0 amide bonds. The van der Waals surface area contributed by atoms with Crippen LogP contribution in [0.3, 0.4) is 0 Å². The predicted molar refractivity (Wildman–Crippen MR) is 99.2 cm³/mol. The first-order valence-electron chi connectivity index (χ1n) is 8.52. The van der Waals surface area contributed by atoms with Gasteiger partial charge >= 0.3 is 11.9 Å². The van der Waals surface area contributed by atoms with E-state index in [0.29, 0.717) is 12.2 Å². The fourth-order valence-corrected chi connectivity index (χ4v) is 2.22. The Morgan fingerprint density at radius 3 is 2.39 bits per heavy atom. The van der Waals surface area contributed by atoms with Gasteiger partial charge in [-0.15, -0.1) is 0 Å². The first-order valence-corrected chi connectivity index (χ1v) is 8.52. The number of carbonyl (C=O) groups is 2. The summed E-state index contributed by atoms with van der Waals surface area (Å²) in [5.41, 5.74) is 0.511. The number of halogens is 1. The van der Waals surface area contributed by atoms with Crippen LogP contribution in [0.4, 0.5) is 4.39 Å². The van der Waals surface area contributed by atoms with Gasteiger partial charge < -0.3 is 14.2 Å². The summed E-state index contributed by atoms with van der Waals surface area (Å²) < 4.78 is 28.6. The van der Waals surface area contributed by atoms with Crippen molar-refractivity contribution in [1.29, 1.82) is 5.26 Å². The summed E-state index contributed by atoms with van der Waals surface area (Å²) in [4.78, 5) is 24.0. The van der Waals surface area contributed by atoms with Gasteiger partial charge in [-0.3, -0.25) is 0 Å². The van der Waals surface area contributed by atoms with Crippen LogP contribution < -0.4 is 9.47 Å². The van der Waals surface area contributed by atoms with E-state index in [-0.39, 0.29) is 29.2 Å². The minimum atomic E-state index is -0.727. The van der Waals surface area contributed by atoms with Crippen molar-refractivity contribution in [2.75, 3.05) is 13.2 Å². The summed E-state index contributed by atoms with van der Waals surface area (Å²) in [6, 6.07) is 11.3. The van der Waals surface area contributed by atoms with Crippen molar-refractivity contribution in [2.45, 2.75) is 13.8 Å². The average molecular weight is 383 g/mol. The monoisotopic (exact) mass is 383 g/mol. The number of nitriles is 1. The highest BCUT2D eigenvalue weighted by Gasteiger charge is 2.15. The molecule has 0 spiro atoms. The number of nitrogens with zero attached hydrogens (tertiary/aromatic N) is 1. The third-order valence-electron chi connectivity index (χ3n) is 3.48. The van der Waals surface area contributed by atoms with E-state index in [1.807, 2.05) is 0 Å². The van der Waals surface area contributed by atoms with Crippen molar-refractivity contribution in [3.05, 3.63) is 65.0 Å². The molecule has 2 rings (SSSR count). The van der Waals surface area contributed by atoms with Crippen LogP contribution in [0.15, 0.2) is 48.0 Å². The van der Waals surface area contributed by atoms with Gasteiger partial charge in [-0.1, -0.05) is 6.07 Å². The summed E-state index contributed by atoms with van der Waals surface area (Å²) in [7, 11) is 0. The lowest BCUT2D eigenvalue weighted by atomic mass is 10.1. The normalized spacial score (nSPS) is 10.7. The Hall–Kier alpha value is -3.66. The van der Waals surface area contributed by atoms with Crippen molar-refractivity contribution in [2.24, 2.45) is 0 Å². The molecule has 0 unspecified atom stereocenters. The molecule has 144 valence electrons. The van der Waals surface area contributed by atoms with Crippen molar-refractivity contribution >= 4 is 18.0 Å². The molecule has 6 nitrogen and oxygen atoms in total. The molecule has 2 aromatic carbocycles. The molecule has 0 saturated carbocycles. The Bertz CT molecular complexity index is 929. The average Bonchev–Trinajstić information content (AvgIpc) is 2.68. The molecule has 0 fully saturated rings. The number of rotatable bonds is 7. The first-order chi connectivity index (χ1) is 13.5. The van der Waals surface area contributed by atoms with Gasteiger partial charge in [0.1, 0.15) is 17.5 Å². The number of carbonyl (C=O) groups excluding carboxylic acids is 2. The topological polar surface area (TPSA) is 85.6 Å². The van der Waals surface area contributed by atoms with E-state index in [1.54, 1.807) is 26.0 Å². The molecule has 0 aliphatic heterocycles. The van der Waals surface area contributed by atoms with Crippen LogP contribution in [0.5, 0.6) is 11.5 Å². The zero-order valence-corrected chi connectivity index (χ0v) is 15.4. The number of hydrogen-bond acceptors (Lipinski definition) is 6. The molecule has 0 aliphatic rings. The molecule has 0 radical (unpaired) electrons. The summed E-state index contributed by atoms with van der Waals surface area (Å²) in [5.74, 6) is -1.45. The molecule has 0 N–H and O–H groups in total. The van der Waals surface area contributed by atoms with Gasteiger partial charge in [0.2, 0.25) is 0 Å². The summed E-state index contributed by atoms with van der Waals surface area (Å²) in [6.45, 7) is 3.86. The van der Waals surface area contributed by atoms with E-state index in [4.69, 9.17) is 19.5 Å². The smallest absolute Gasteiger partial charge is 0.348 e. The lowest BCUT2D eigenvalue weighted by molar-refractivity contribution is -0.137. The predicted octanol–water partition coefficient (Wildman–Crippen LogP) is 3.91. The maximum Gasteiger partial charge on any atom is 0.348 e. The van der Waals surface area contributed by atoms with Crippen molar-refractivity contribution in [3.8, 4) is 17.6 Å². The van der Waals surface area contributed by atoms with E-state index in [2.05, 4.69) is 0 Å². The van der Waals surface area contributed by atoms with Crippen molar-refractivity contribution < 1.29 is 28.2 Å². The minimum Gasteiger partial charge on any atom is -0.490 e. The third kappa shape index (κ3) is 5.42. The molecule has 0 bridgehead atoms. The molecule has 0 aromatic heterocycles. The third-order valence-corrected chi connectivity index (χ3v) is 3.48. The molecule has 2 aromatic rings. The summed E-state index contributed by atoms with van der Waals surface area (Å²) in [6.07, 6.45) is 1.35. The highest BCUT2D eigenvalue weighted by molar-refractivity contribution is 5.98. The van der Waals surface area contributed by atoms with E-state index in [9.17, 15) is 14.0 Å². The fraction of sp³-hybridized carbons (Fsp3) is 0.190. The quantitative estimate of drug-likeness (QED) is 0.312. The first kappa shape index (κ1) is 20.6. The Balaban J connectivity index is 2.29. The van der Waals surface area contributed by atoms with Gasteiger partial charge in [0, 0.05) is 0 Å². The summed E-state index contributed by atoms with van der Waals surface area (Å²) in [5, 5.41) is 9.13. The molecule has 28 heavy (non-hydrogen) atoms. The van der Waals surface area contributed by atoms with Gasteiger partial charge in [-0.05, 0) is 61.9 Å². The number of ether oxygens (including phenoxy) is 3. The Kier molecular flexibility index (Phi) is 7.28. The maximum absolute atomic E-state index is 13.0. The Labute approximate surface area is 161 Å². The molecule has 0 heterocycles. The lowest BCUT2D eigenvalue weighted by Crippen LogP contribution is -2.10. The van der Waals surface area contributed by atoms with Crippen LogP contribution in [-0.4, -0.2) is 25.2 Å². The lowest BCUT2D eigenvalue weighted by Gasteiger charge is -2.11. The second-order valence-corrected chi connectivity index (χ2v) is 5.43. The van der Waals surface area contributed by atoms with E-state index in [0.717, 1.165) is 12.1 Å². The number of esters is 2. The van der Waals surface area contributed by atoms with Crippen LogP contribution in [-0.2, 0) is 9.53 Å². The molecular formula is C21H18FNO5. The number of benzene rings is 2. The summed E-state index contributed by atoms with van der Waals surface area (Å²) >= 11 is 0. The van der Waals surface area contributed by atoms with E-state index >= 15 is 0 Å². The molecule has 0 saturated heterocycles. The molecule has 7 heteroatoms. The highest BCUT2D eigenvalue weighted by atomic mass is 19.1. The molecular weight excluding hydrogens is 365 g/mol. The maximum atomic E-state index is 13.0. The van der Waals surface area contributed by atoms with Gasteiger partial charge in [-0.2, -0.15) is 5.26 Å². The van der Waals surface area contributed by atoms with Crippen molar-refractivity contribution in [1.82, 2.24) is 0 Å². The standard InChI is InChI=1S/C21H18FNO5/c1-3-26-19-12-14(11-16(13-23)20(24)27-4-2)5-10-18(19)28-21(25)15-6-8-17(22)9-7-15/h5-12H,3-4H2,1-2H3/b16-11+. The second-order valence-electron chi connectivity index (χ2n) is 5.43. The second kappa shape index (κ2) is 9.88. The van der Waals surface area contributed by atoms with Gasteiger partial charge in [0.15, 0.2) is 11.5 Å². The minimum absolute atomic E-state index is 0.153. The highest BCUT2D eigenvalue weighted by Crippen LogP contribution is 2.30. The van der Waals surface area contributed by atoms with Gasteiger partial charge in [0.05, 0.1) is 18.8 Å². The van der Waals surface area contributed by atoms with Crippen LogP contribution in [0.1, 0.15) is 29.8 Å². The van der Waals surface area contributed by atoms with E-state index in [1.165, 1.54) is 30.3 Å². The zero-order valence-electron chi connectivity index (χ0n) is 15.4. The van der Waals surface area contributed by atoms with Crippen LogP contribution in [0.25, 0.3) is 6.08 Å². The van der Waals surface area contributed by atoms with E-state index < -0.39 is 17.8 Å². The van der Waals surface area contributed by atoms with Crippen molar-refractivity contribution in [3.63, 3.8) is 0 Å². The SMILES string of the molecule is CCOC(=O)/C(C#N)=C/c1ccc(OC(=O)c2ccc(F)cc2)c(OCC)c1. The molecule has 0 atom stereocenters.